The van der Waals surface area contributed by atoms with E-state index in [-0.39, 0.29) is 11.7 Å². The molecule has 3 heteroatoms. The van der Waals surface area contributed by atoms with Crippen LogP contribution in [0.2, 0.25) is 0 Å². The molecule has 0 aliphatic rings. The monoisotopic (exact) mass is 206 g/mol. The maximum atomic E-state index is 11.4. The van der Waals surface area contributed by atoms with Gasteiger partial charge in [-0.1, -0.05) is 19.1 Å². The van der Waals surface area contributed by atoms with Crippen LogP contribution in [0.1, 0.15) is 20.3 Å². The predicted molar refractivity (Wildman–Crippen MR) is 57.8 cm³/mol. The van der Waals surface area contributed by atoms with Crippen molar-refractivity contribution in [2.45, 2.75) is 20.3 Å². The fourth-order valence-corrected chi connectivity index (χ4v) is 1.12. The molecule has 1 aromatic carbocycles. The van der Waals surface area contributed by atoms with E-state index in [0.29, 0.717) is 11.3 Å². The van der Waals surface area contributed by atoms with Crippen molar-refractivity contribution in [3.05, 3.63) is 35.9 Å². The average Bonchev–Trinajstić information content (AvgIpc) is 2.18. The van der Waals surface area contributed by atoms with Crippen molar-refractivity contribution in [2.24, 2.45) is 0 Å². The van der Waals surface area contributed by atoms with E-state index in [4.69, 9.17) is 9.84 Å². The van der Waals surface area contributed by atoms with Crippen molar-refractivity contribution in [3.63, 3.8) is 0 Å². The van der Waals surface area contributed by atoms with Crippen molar-refractivity contribution in [1.29, 1.82) is 0 Å². The summed E-state index contributed by atoms with van der Waals surface area (Å²) in [7, 11) is 0. The molecule has 1 aromatic rings. The number of benzene rings is 1. The molecule has 0 unspecified atom stereocenters. The highest BCUT2D eigenvalue weighted by Crippen LogP contribution is 2.18. The minimum atomic E-state index is -0.387. The smallest absolute Gasteiger partial charge is 0.338 e. The van der Waals surface area contributed by atoms with Crippen LogP contribution in [0, 0.1) is 0 Å². The molecule has 0 aliphatic heterocycles. The fraction of sp³-hybridized carbons (Fsp3) is 0.250. The van der Waals surface area contributed by atoms with Gasteiger partial charge in [0.2, 0.25) is 0 Å². The standard InChI is InChI=1S/C12H14O3/c1-3-5-9(2)12(14)15-11-7-4-6-10(13)8-11/h4-8,13H,3H2,1-2H3. The van der Waals surface area contributed by atoms with Gasteiger partial charge in [0.25, 0.3) is 0 Å². The molecule has 80 valence electrons. The van der Waals surface area contributed by atoms with Crippen LogP contribution >= 0.6 is 0 Å². The van der Waals surface area contributed by atoms with E-state index in [1.165, 1.54) is 12.1 Å². The second-order valence-electron chi connectivity index (χ2n) is 3.18. The van der Waals surface area contributed by atoms with Gasteiger partial charge in [-0.05, 0) is 25.5 Å². The molecular formula is C12H14O3. The third kappa shape index (κ3) is 3.46. The lowest BCUT2D eigenvalue weighted by Gasteiger charge is -2.04. The Bertz CT molecular complexity index is 380. The topological polar surface area (TPSA) is 46.5 Å². The van der Waals surface area contributed by atoms with Crippen molar-refractivity contribution in [1.82, 2.24) is 0 Å². The zero-order valence-electron chi connectivity index (χ0n) is 8.86. The van der Waals surface area contributed by atoms with Gasteiger partial charge < -0.3 is 9.84 Å². The summed E-state index contributed by atoms with van der Waals surface area (Å²) in [5, 5.41) is 9.16. The van der Waals surface area contributed by atoms with E-state index in [9.17, 15) is 4.79 Å². The van der Waals surface area contributed by atoms with Crippen LogP contribution in [0.3, 0.4) is 0 Å². The van der Waals surface area contributed by atoms with Gasteiger partial charge in [0.05, 0.1) is 0 Å². The number of hydrogen-bond acceptors (Lipinski definition) is 3. The highest BCUT2D eigenvalue weighted by molar-refractivity contribution is 5.89. The van der Waals surface area contributed by atoms with E-state index in [2.05, 4.69) is 0 Å². The number of aromatic hydroxyl groups is 1. The zero-order chi connectivity index (χ0) is 11.3. The Balaban J connectivity index is 2.70. The largest absolute Gasteiger partial charge is 0.508 e. The molecule has 0 saturated heterocycles. The zero-order valence-corrected chi connectivity index (χ0v) is 8.86. The maximum absolute atomic E-state index is 11.4. The van der Waals surface area contributed by atoms with Crippen LogP contribution < -0.4 is 4.74 Å². The minimum Gasteiger partial charge on any atom is -0.508 e. The van der Waals surface area contributed by atoms with E-state index in [1.807, 2.05) is 6.92 Å². The molecule has 3 nitrogen and oxygen atoms in total. The highest BCUT2D eigenvalue weighted by Gasteiger charge is 2.06. The molecule has 0 bridgehead atoms. The SMILES string of the molecule is CCC=C(C)C(=O)Oc1cccc(O)c1. The summed E-state index contributed by atoms with van der Waals surface area (Å²) in [5.74, 6) is 0.0451. The first kappa shape index (κ1) is 11.3. The Morgan fingerprint density at radius 3 is 2.87 bits per heavy atom. The fourth-order valence-electron chi connectivity index (χ4n) is 1.12. The second-order valence-corrected chi connectivity index (χ2v) is 3.18. The van der Waals surface area contributed by atoms with Crippen molar-refractivity contribution in [2.75, 3.05) is 0 Å². The van der Waals surface area contributed by atoms with E-state index in [1.54, 1.807) is 25.1 Å². The Kier molecular flexibility index (Phi) is 3.92. The lowest BCUT2D eigenvalue weighted by atomic mass is 10.2. The number of carbonyl (C=O) groups is 1. The summed E-state index contributed by atoms with van der Waals surface area (Å²) in [6, 6.07) is 6.16. The Hall–Kier alpha value is -1.77. The van der Waals surface area contributed by atoms with Crippen LogP contribution in [0.4, 0.5) is 0 Å². The summed E-state index contributed by atoms with van der Waals surface area (Å²) >= 11 is 0. The summed E-state index contributed by atoms with van der Waals surface area (Å²) < 4.78 is 5.04. The van der Waals surface area contributed by atoms with Crippen LogP contribution in [0.5, 0.6) is 11.5 Å². The van der Waals surface area contributed by atoms with Gasteiger partial charge in [-0.2, -0.15) is 0 Å². The summed E-state index contributed by atoms with van der Waals surface area (Å²) in [5.41, 5.74) is 0.570. The molecule has 0 aromatic heterocycles. The number of allylic oxidation sites excluding steroid dienone is 1. The van der Waals surface area contributed by atoms with E-state index < -0.39 is 0 Å². The third-order valence-corrected chi connectivity index (χ3v) is 1.86. The Labute approximate surface area is 89.0 Å². The molecule has 0 saturated carbocycles. The third-order valence-electron chi connectivity index (χ3n) is 1.86. The van der Waals surface area contributed by atoms with Gasteiger partial charge in [-0.25, -0.2) is 4.79 Å². The minimum absolute atomic E-state index is 0.0809. The van der Waals surface area contributed by atoms with Crippen LogP contribution in [0.15, 0.2) is 35.9 Å². The average molecular weight is 206 g/mol. The maximum Gasteiger partial charge on any atom is 0.338 e. The number of carbonyl (C=O) groups excluding carboxylic acids is 1. The Morgan fingerprint density at radius 1 is 1.53 bits per heavy atom. The first-order valence-electron chi connectivity index (χ1n) is 4.81. The molecule has 0 atom stereocenters. The lowest BCUT2D eigenvalue weighted by Crippen LogP contribution is -2.08. The molecular weight excluding hydrogens is 192 g/mol. The number of hydrogen-bond donors (Lipinski definition) is 1. The molecule has 1 rings (SSSR count). The van der Waals surface area contributed by atoms with E-state index >= 15 is 0 Å². The molecule has 0 spiro atoms. The second kappa shape index (κ2) is 5.20. The molecule has 0 fully saturated rings. The van der Waals surface area contributed by atoms with Gasteiger partial charge in [0, 0.05) is 11.6 Å². The van der Waals surface area contributed by atoms with Gasteiger partial charge in [-0.3, -0.25) is 0 Å². The molecule has 0 radical (unpaired) electrons. The van der Waals surface area contributed by atoms with Gasteiger partial charge in [0.15, 0.2) is 0 Å². The number of rotatable bonds is 3. The first-order chi connectivity index (χ1) is 7.13. The molecule has 0 heterocycles. The molecule has 1 N–H and O–H groups in total. The van der Waals surface area contributed by atoms with Gasteiger partial charge >= 0.3 is 5.97 Å². The van der Waals surface area contributed by atoms with Crippen LogP contribution in [-0.2, 0) is 4.79 Å². The highest BCUT2D eigenvalue weighted by atomic mass is 16.5. The van der Waals surface area contributed by atoms with E-state index in [0.717, 1.165) is 6.42 Å². The summed E-state index contributed by atoms with van der Waals surface area (Å²) in [6.07, 6.45) is 2.59. The van der Waals surface area contributed by atoms with Crippen LogP contribution in [-0.4, -0.2) is 11.1 Å². The first-order valence-corrected chi connectivity index (χ1v) is 4.81. The molecule has 0 aliphatic carbocycles. The predicted octanol–water partition coefficient (Wildman–Crippen LogP) is 2.65. The summed E-state index contributed by atoms with van der Waals surface area (Å²) in [6.45, 7) is 3.65. The van der Waals surface area contributed by atoms with Gasteiger partial charge in [-0.15, -0.1) is 0 Å². The van der Waals surface area contributed by atoms with Crippen molar-refractivity contribution < 1.29 is 14.6 Å². The normalized spacial score (nSPS) is 11.2. The number of phenolic OH excluding ortho intramolecular Hbond substituents is 1. The quantitative estimate of drug-likeness (QED) is 0.470. The Morgan fingerprint density at radius 2 is 2.27 bits per heavy atom. The number of esters is 1. The lowest BCUT2D eigenvalue weighted by molar-refractivity contribution is -0.130. The van der Waals surface area contributed by atoms with Crippen molar-refractivity contribution >= 4 is 5.97 Å². The van der Waals surface area contributed by atoms with Gasteiger partial charge in [0.1, 0.15) is 11.5 Å². The molecule has 15 heavy (non-hydrogen) atoms. The molecule has 0 amide bonds. The summed E-state index contributed by atoms with van der Waals surface area (Å²) in [4.78, 5) is 11.4. The number of ether oxygens (including phenoxy) is 1. The van der Waals surface area contributed by atoms with Crippen LogP contribution in [0.25, 0.3) is 0 Å². The van der Waals surface area contributed by atoms with Crippen molar-refractivity contribution in [3.8, 4) is 11.5 Å². The number of phenols is 1.